The molecule has 0 spiro atoms. The van der Waals surface area contributed by atoms with E-state index in [2.05, 4.69) is 10.5 Å². The minimum Gasteiger partial charge on any atom is -0.290 e. The summed E-state index contributed by atoms with van der Waals surface area (Å²) in [7, 11) is 0. The van der Waals surface area contributed by atoms with Crippen molar-refractivity contribution in [3.05, 3.63) is 30.3 Å². The molecule has 0 aliphatic heterocycles. The molecule has 0 aromatic heterocycles. The summed E-state index contributed by atoms with van der Waals surface area (Å²) in [5.41, 5.74) is 9.31. The zero-order valence-electron chi connectivity index (χ0n) is 6.46. The third-order valence-electron chi connectivity index (χ3n) is 1.18. The molecule has 0 saturated heterocycles. The molecule has 4 N–H and O–H groups in total. The Hall–Kier alpha value is -1.51. The van der Waals surface area contributed by atoms with Crippen molar-refractivity contribution in [1.29, 1.82) is 0 Å². The van der Waals surface area contributed by atoms with Crippen molar-refractivity contribution in [1.82, 2.24) is 0 Å². The summed E-state index contributed by atoms with van der Waals surface area (Å²) in [4.78, 5) is 0. The Balaban J connectivity index is 2.59. The molecular formula is C8H12N3+. The third kappa shape index (κ3) is 2.71. The molecule has 0 aliphatic rings. The highest BCUT2D eigenvalue weighted by molar-refractivity contribution is 5.71. The smallest absolute Gasteiger partial charge is 0.260 e. The van der Waals surface area contributed by atoms with Gasteiger partial charge in [-0.1, -0.05) is 18.2 Å². The van der Waals surface area contributed by atoms with E-state index in [0.29, 0.717) is 5.84 Å². The van der Waals surface area contributed by atoms with Gasteiger partial charge in [-0.25, -0.2) is 5.43 Å². The van der Waals surface area contributed by atoms with Crippen molar-refractivity contribution in [2.24, 2.45) is 5.73 Å². The van der Waals surface area contributed by atoms with Gasteiger partial charge in [0, 0.05) is 6.92 Å². The number of amidine groups is 1. The molecular weight excluding hydrogens is 138 g/mol. The van der Waals surface area contributed by atoms with E-state index in [-0.39, 0.29) is 0 Å². The van der Waals surface area contributed by atoms with Crippen molar-refractivity contribution in [3.8, 4) is 0 Å². The van der Waals surface area contributed by atoms with E-state index in [9.17, 15) is 0 Å². The SMILES string of the molecule is C/C(N)=[NH+]/Nc1ccccc1. The predicted molar refractivity (Wildman–Crippen MR) is 45.9 cm³/mol. The van der Waals surface area contributed by atoms with E-state index in [4.69, 9.17) is 5.73 Å². The van der Waals surface area contributed by atoms with Crippen LogP contribution in [0.25, 0.3) is 0 Å². The second kappa shape index (κ2) is 3.61. The lowest BCUT2D eigenvalue weighted by molar-refractivity contribution is -0.420. The van der Waals surface area contributed by atoms with Crippen LogP contribution in [0.4, 0.5) is 5.69 Å². The molecule has 0 bridgehead atoms. The van der Waals surface area contributed by atoms with Gasteiger partial charge in [0.1, 0.15) is 0 Å². The van der Waals surface area contributed by atoms with Crippen LogP contribution in [0.3, 0.4) is 0 Å². The summed E-state index contributed by atoms with van der Waals surface area (Å²) >= 11 is 0. The van der Waals surface area contributed by atoms with Gasteiger partial charge in [-0.3, -0.25) is 5.73 Å². The molecule has 11 heavy (non-hydrogen) atoms. The molecule has 1 aromatic carbocycles. The molecule has 1 aromatic rings. The van der Waals surface area contributed by atoms with Crippen molar-refractivity contribution in [3.63, 3.8) is 0 Å². The van der Waals surface area contributed by atoms with Crippen molar-refractivity contribution in [2.45, 2.75) is 6.92 Å². The lowest BCUT2D eigenvalue weighted by atomic mass is 10.3. The second-order valence-electron chi connectivity index (χ2n) is 2.30. The first-order valence-corrected chi connectivity index (χ1v) is 3.45. The minimum atomic E-state index is 0.647. The Morgan fingerprint density at radius 1 is 1.36 bits per heavy atom. The lowest BCUT2D eigenvalue weighted by Crippen LogP contribution is -2.79. The molecule has 0 saturated carbocycles. The van der Waals surface area contributed by atoms with Crippen LogP contribution in [0.15, 0.2) is 30.3 Å². The number of hydrogen-bond acceptors (Lipinski definition) is 1. The monoisotopic (exact) mass is 150 g/mol. The Labute approximate surface area is 65.9 Å². The molecule has 0 atom stereocenters. The van der Waals surface area contributed by atoms with E-state index in [1.54, 1.807) is 6.92 Å². The maximum atomic E-state index is 5.38. The average molecular weight is 150 g/mol. The lowest BCUT2D eigenvalue weighted by Gasteiger charge is -1.95. The first kappa shape index (κ1) is 7.60. The summed E-state index contributed by atoms with van der Waals surface area (Å²) in [5, 5.41) is 2.81. The van der Waals surface area contributed by atoms with E-state index < -0.39 is 0 Å². The van der Waals surface area contributed by atoms with Crippen molar-refractivity contribution in [2.75, 3.05) is 5.43 Å². The van der Waals surface area contributed by atoms with Crippen LogP contribution in [0.2, 0.25) is 0 Å². The van der Waals surface area contributed by atoms with Gasteiger partial charge in [0.25, 0.3) is 5.84 Å². The summed E-state index contributed by atoms with van der Waals surface area (Å²) in [5.74, 6) is 0.647. The summed E-state index contributed by atoms with van der Waals surface area (Å²) in [6.45, 7) is 1.79. The van der Waals surface area contributed by atoms with Crippen LogP contribution in [0, 0.1) is 0 Å². The summed E-state index contributed by atoms with van der Waals surface area (Å²) in [6, 6.07) is 9.78. The third-order valence-corrected chi connectivity index (χ3v) is 1.18. The largest absolute Gasteiger partial charge is 0.290 e. The van der Waals surface area contributed by atoms with Crippen LogP contribution in [0.5, 0.6) is 0 Å². The first-order valence-electron chi connectivity index (χ1n) is 3.45. The Kier molecular flexibility index (Phi) is 2.49. The zero-order chi connectivity index (χ0) is 8.10. The first-order chi connectivity index (χ1) is 5.29. The Bertz CT molecular complexity index is 237. The molecule has 0 unspecified atom stereocenters. The topological polar surface area (TPSA) is 52.0 Å². The van der Waals surface area contributed by atoms with Crippen LogP contribution >= 0.6 is 0 Å². The van der Waals surface area contributed by atoms with Crippen LogP contribution in [0.1, 0.15) is 6.92 Å². The maximum Gasteiger partial charge on any atom is 0.260 e. The van der Waals surface area contributed by atoms with Crippen molar-refractivity contribution >= 4 is 11.5 Å². The van der Waals surface area contributed by atoms with Crippen LogP contribution in [-0.2, 0) is 0 Å². The minimum absolute atomic E-state index is 0.647. The molecule has 0 heterocycles. The van der Waals surface area contributed by atoms with E-state index in [1.807, 2.05) is 30.3 Å². The van der Waals surface area contributed by atoms with Crippen LogP contribution < -0.4 is 16.3 Å². The number of hydrazine groups is 1. The van der Waals surface area contributed by atoms with Gasteiger partial charge in [0.05, 0.1) is 5.69 Å². The van der Waals surface area contributed by atoms with Gasteiger partial charge in [0.15, 0.2) is 0 Å². The Morgan fingerprint density at radius 3 is 2.55 bits per heavy atom. The highest BCUT2D eigenvalue weighted by Gasteiger charge is 1.87. The molecule has 3 nitrogen and oxygen atoms in total. The highest BCUT2D eigenvalue weighted by atomic mass is 15.3. The molecule has 0 amide bonds. The number of rotatable bonds is 2. The number of benzene rings is 1. The van der Waals surface area contributed by atoms with Gasteiger partial charge in [0.2, 0.25) is 0 Å². The quantitative estimate of drug-likeness (QED) is 0.301. The zero-order valence-corrected chi connectivity index (χ0v) is 6.46. The van der Waals surface area contributed by atoms with Gasteiger partial charge in [-0.2, -0.15) is 5.10 Å². The van der Waals surface area contributed by atoms with Crippen molar-refractivity contribution < 1.29 is 5.10 Å². The molecule has 0 radical (unpaired) electrons. The predicted octanol–water partition coefficient (Wildman–Crippen LogP) is -0.529. The van der Waals surface area contributed by atoms with E-state index in [0.717, 1.165) is 5.69 Å². The maximum absolute atomic E-state index is 5.38. The standard InChI is InChI=1S/C8H11N3/c1-7(9)10-11-8-5-3-2-4-6-8/h2-6,11H,1H3,(H2,9,10)/p+1. The van der Waals surface area contributed by atoms with Gasteiger partial charge < -0.3 is 0 Å². The van der Waals surface area contributed by atoms with Gasteiger partial charge in [-0.05, 0) is 12.1 Å². The molecule has 1 rings (SSSR count). The molecule has 58 valence electrons. The fourth-order valence-corrected chi connectivity index (χ4v) is 0.692. The number of nitrogens with two attached hydrogens (primary N) is 1. The highest BCUT2D eigenvalue weighted by Crippen LogP contribution is 2.00. The number of hydrazone groups is 1. The Morgan fingerprint density at radius 2 is 2.00 bits per heavy atom. The van der Waals surface area contributed by atoms with E-state index >= 15 is 0 Å². The molecule has 0 fully saturated rings. The fourth-order valence-electron chi connectivity index (χ4n) is 0.692. The second-order valence-corrected chi connectivity index (χ2v) is 2.30. The number of hydrogen-bond donors (Lipinski definition) is 3. The molecule has 3 heteroatoms. The van der Waals surface area contributed by atoms with E-state index in [1.165, 1.54) is 0 Å². The summed E-state index contributed by atoms with van der Waals surface area (Å²) in [6.07, 6.45) is 0. The number of para-hydroxylation sites is 1. The fraction of sp³-hybridized carbons (Fsp3) is 0.125. The van der Waals surface area contributed by atoms with Crippen LogP contribution in [-0.4, -0.2) is 5.84 Å². The van der Waals surface area contributed by atoms with Gasteiger partial charge >= 0.3 is 0 Å². The average Bonchev–Trinajstić information content (AvgIpc) is 2.03. The normalized spacial score (nSPS) is 11.2. The molecule has 0 aliphatic carbocycles. The summed E-state index contributed by atoms with van der Waals surface area (Å²) < 4.78 is 0. The van der Waals surface area contributed by atoms with Gasteiger partial charge in [-0.15, -0.1) is 0 Å². The number of anilines is 1. The number of nitrogens with one attached hydrogen (secondary N) is 2.